The number of nitrogens with one attached hydrogen (secondary N) is 2. The van der Waals surface area contributed by atoms with Gasteiger partial charge in [0.05, 0.1) is 41.3 Å². The highest BCUT2D eigenvalue weighted by Crippen LogP contribution is 2.45. The fraction of sp³-hybridized carbons (Fsp3) is 0.294. The molecule has 0 fully saturated rings. The van der Waals surface area contributed by atoms with E-state index in [-0.39, 0.29) is 41.7 Å². The molecule has 4 aromatic carbocycles. The molecular formula is C51H49F5N10O2. The minimum atomic E-state index is -2.85. The van der Waals surface area contributed by atoms with Gasteiger partial charge in [0.15, 0.2) is 0 Å². The second-order valence-electron chi connectivity index (χ2n) is 17.8. The van der Waals surface area contributed by atoms with E-state index in [0.717, 1.165) is 46.4 Å². The first-order valence-electron chi connectivity index (χ1n) is 22.5. The lowest BCUT2D eigenvalue weighted by atomic mass is 9.92. The highest BCUT2D eigenvalue weighted by molar-refractivity contribution is 6.09. The standard InChI is InChI=1S/C51H49F5N10O2/c1-28-14-45-35(17-42(28)65-11-6-8-29-15-33(31-22-59-63(5)24-31)37(48(53)54)19-43(29)65)40(27-61(45)3)51(68)58-10-13-64-25-32(23-60-64)34-16-30-9-7-12-66(44(30)20-38(34)49(55)56)47-18-36-39(50(67)57-2)26-62(4)46(36)21-41(47)52/h14-27,48-49H,6-13H2,1-5H3,(H,57,67)(H,58,68). The van der Waals surface area contributed by atoms with Crippen LogP contribution in [-0.2, 0) is 40.5 Å². The second kappa shape index (κ2) is 17.3. The van der Waals surface area contributed by atoms with Gasteiger partial charge in [0.2, 0.25) is 0 Å². The third kappa shape index (κ3) is 7.72. The lowest BCUT2D eigenvalue weighted by Gasteiger charge is -2.33. The van der Waals surface area contributed by atoms with Crippen LogP contribution in [0.25, 0.3) is 44.1 Å². The van der Waals surface area contributed by atoms with Crippen molar-refractivity contribution in [3.05, 3.63) is 130 Å². The molecule has 0 aliphatic carbocycles. The van der Waals surface area contributed by atoms with Gasteiger partial charge in [-0.1, -0.05) is 0 Å². The third-order valence-electron chi connectivity index (χ3n) is 13.5. The number of nitrogens with zero attached hydrogens (tertiary/aromatic N) is 8. The maximum absolute atomic E-state index is 15.9. The molecule has 12 nitrogen and oxygen atoms in total. The zero-order chi connectivity index (χ0) is 47.7. The average Bonchev–Trinajstić information content (AvgIpc) is 4.13. The van der Waals surface area contributed by atoms with E-state index >= 15 is 4.39 Å². The highest BCUT2D eigenvalue weighted by Gasteiger charge is 2.29. The summed E-state index contributed by atoms with van der Waals surface area (Å²) < 4.78 is 81.8. The van der Waals surface area contributed by atoms with Gasteiger partial charge in [0.25, 0.3) is 24.7 Å². The van der Waals surface area contributed by atoms with Crippen LogP contribution in [0.3, 0.4) is 0 Å². The topological polar surface area (TPSA) is 110 Å². The van der Waals surface area contributed by atoms with Gasteiger partial charge in [-0.3, -0.25) is 19.0 Å². The lowest BCUT2D eigenvalue weighted by Crippen LogP contribution is -2.27. The molecule has 68 heavy (non-hydrogen) atoms. The molecule has 17 heteroatoms. The van der Waals surface area contributed by atoms with E-state index in [2.05, 4.69) is 25.7 Å². The Balaban J connectivity index is 0.882. The molecule has 0 unspecified atom stereocenters. The zero-order valence-electron chi connectivity index (χ0n) is 38.2. The summed E-state index contributed by atoms with van der Waals surface area (Å²) in [6, 6.07) is 13.6. The average molecular weight is 929 g/mol. The van der Waals surface area contributed by atoms with Crippen LogP contribution < -0.4 is 20.4 Å². The summed E-state index contributed by atoms with van der Waals surface area (Å²) in [5.41, 5.74) is 8.71. The van der Waals surface area contributed by atoms with Gasteiger partial charge in [-0.15, -0.1) is 0 Å². The van der Waals surface area contributed by atoms with E-state index in [1.54, 1.807) is 82.1 Å². The van der Waals surface area contributed by atoms with Crippen molar-refractivity contribution in [1.82, 2.24) is 39.3 Å². The second-order valence-corrected chi connectivity index (χ2v) is 17.8. The van der Waals surface area contributed by atoms with Gasteiger partial charge >= 0.3 is 0 Å². The first-order chi connectivity index (χ1) is 32.7. The molecule has 4 aromatic heterocycles. The number of aryl methyl sites for hydroxylation is 6. The van der Waals surface area contributed by atoms with Gasteiger partial charge in [-0.05, 0) is 103 Å². The van der Waals surface area contributed by atoms with Crippen molar-refractivity contribution < 1.29 is 31.5 Å². The lowest BCUT2D eigenvalue weighted by molar-refractivity contribution is 0.0949. The summed E-state index contributed by atoms with van der Waals surface area (Å²) in [6.45, 7) is 3.43. The van der Waals surface area contributed by atoms with Gasteiger partial charge < -0.3 is 29.6 Å². The molecule has 6 heterocycles. The summed E-state index contributed by atoms with van der Waals surface area (Å²) in [5, 5.41) is 15.6. The number of benzene rings is 4. The highest BCUT2D eigenvalue weighted by atomic mass is 19.3. The Bertz CT molecular complexity index is 3310. The molecule has 8 aromatic rings. The minimum Gasteiger partial charge on any atom is -0.355 e. The third-order valence-corrected chi connectivity index (χ3v) is 13.5. The number of anilines is 4. The first kappa shape index (κ1) is 44.4. The van der Waals surface area contributed by atoms with Crippen molar-refractivity contribution in [1.29, 1.82) is 0 Å². The molecular weight excluding hydrogens is 880 g/mol. The SMILES string of the molecule is CNC(=O)c1cn(C)c2cc(F)c(N3CCCc4cc(-c5cnn(CCNC(=O)c6cn(C)c7cc(C)c(N8CCCc9cc(-c%10cnn(C)c%10)c(C(F)F)cc98)cc67)c5)c(C(F)F)cc43)cc12. The molecule has 0 saturated heterocycles. The summed E-state index contributed by atoms with van der Waals surface area (Å²) in [6.07, 6.45) is 7.19. The predicted octanol–water partition coefficient (Wildman–Crippen LogP) is 10.2. The van der Waals surface area contributed by atoms with Crippen LogP contribution in [0.5, 0.6) is 0 Å². The molecule has 0 spiro atoms. The largest absolute Gasteiger partial charge is 0.355 e. The van der Waals surface area contributed by atoms with E-state index in [0.29, 0.717) is 81.3 Å². The van der Waals surface area contributed by atoms with E-state index < -0.39 is 18.7 Å². The Morgan fingerprint density at radius 2 is 1.21 bits per heavy atom. The van der Waals surface area contributed by atoms with Gasteiger partial charge in [0, 0.05) is 134 Å². The minimum absolute atomic E-state index is 0.0640. The zero-order valence-corrected chi connectivity index (χ0v) is 38.2. The number of carbonyl (C=O) groups excluding carboxylic acids is 2. The van der Waals surface area contributed by atoms with Crippen molar-refractivity contribution in [3.63, 3.8) is 0 Å². The number of fused-ring (bicyclic) bond motifs is 4. The number of hydrogen-bond acceptors (Lipinski definition) is 6. The number of carbonyl (C=O) groups is 2. The van der Waals surface area contributed by atoms with Crippen LogP contribution in [-0.4, -0.2) is 67.2 Å². The summed E-state index contributed by atoms with van der Waals surface area (Å²) in [5.74, 6) is -1.16. The summed E-state index contributed by atoms with van der Waals surface area (Å²) in [7, 11) is 6.88. The maximum atomic E-state index is 15.9. The Morgan fingerprint density at radius 3 is 1.78 bits per heavy atom. The fourth-order valence-corrected chi connectivity index (χ4v) is 10.1. The fourth-order valence-electron chi connectivity index (χ4n) is 10.1. The van der Waals surface area contributed by atoms with E-state index in [1.165, 1.54) is 25.4 Å². The van der Waals surface area contributed by atoms with Crippen molar-refractivity contribution in [2.75, 3.05) is 36.5 Å². The van der Waals surface area contributed by atoms with Crippen LogP contribution in [0.2, 0.25) is 0 Å². The van der Waals surface area contributed by atoms with E-state index in [9.17, 15) is 27.2 Å². The number of rotatable bonds is 11. The van der Waals surface area contributed by atoms with Gasteiger partial charge in [-0.25, -0.2) is 22.0 Å². The normalized spacial score (nSPS) is 13.8. The quantitative estimate of drug-likeness (QED) is 0.125. The predicted molar refractivity (Wildman–Crippen MR) is 253 cm³/mol. The molecule has 350 valence electrons. The van der Waals surface area contributed by atoms with E-state index in [4.69, 9.17) is 0 Å². The smallest absolute Gasteiger partial charge is 0.264 e. The molecule has 0 atom stereocenters. The summed E-state index contributed by atoms with van der Waals surface area (Å²) in [4.78, 5) is 30.4. The van der Waals surface area contributed by atoms with Crippen molar-refractivity contribution in [2.45, 2.75) is 52.0 Å². The number of amides is 2. The number of halogens is 5. The Morgan fingerprint density at radius 1 is 0.662 bits per heavy atom. The first-order valence-corrected chi connectivity index (χ1v) is 22.5. The molecule has 2 amide bonds. The molecule has 0 radical (unpaired) electrons. The van der Waals surface area contributed by atoms with Crippen molar-refractivity contribution >= 4 is 56.4 Å². The van der Waals surface area contributed by atoms with Crippen LogP contribution in [0.4, 0.5) is 44.7 Å². The molecule has 0 saturated carbocycles. The van der Waals surface area contributed by atoms with Crippen LogP contribution >= 0.6 is 0 Å². The van der Waals surface area contributed by atoms with E-state index in [1.807, 2.05) is 36.7 Å². The van der Waals surface area contributed by atoms with Gasteiger partial charge in [-0.2, -0.15) is 10.2 Å². The van der Waals surface area contributed by atoms with Crippen LogP contribution in [0.1, 0.15) is 74.2 Å². The Labute approximate surface area is 388 Å². The van der Waals surface area contributed by atoms with Crippen LogP contribution in [0.15, 0.2) is 85.7 Å². The Kier molecular flexibility index (Phi) is 11.3. The molecule has 2 aliphatic rings. The summed E-state index contributed by atoms with van der Waals surface area (Å²) >= 11 is 0. The maximum Gasteiger partial charge on any atom is 0.264 e. The molecule has 2 aliphatic heterocycles. The number of hydrogen-bond donors (Lipinski definition) is 2. The van der Waals surface area contributed by atoms with Crippen LogP contribution in [0, 0.1) is 12.7 Å². The molecule has 0 bridgehead atoms. The monoisotopic (exact) mass is 928 g/mol. The molecule has 10 rings (SSSR count). The molecule has 2 N–H and O–H groups in total. The number of aromatic nitrogens is 6. The van der Waals surface area contributed by atoms with Crippen molar-refractivity contribution in [3.8, 4) is 22.3 Å². The van der Waals surface area contributed by atoms with Gasteiger partial charge in [0.1, 0.15) is 5.82 Å². The number of alkyl halides is 4. The Hall–Kier alpha value is -7.43. The van der Waals surface area contributed by atoms with Crippen molar-refractivity contribution in [2.24, 2.45) is 21.1 Å².